The van der Waals surface area contributed by atoms with Gasteiger partial charge in [-0.15, -0.1) is 11.3 Å². The summed E-state index contributed by atoms with van der Waals surface area (Å²) in [6.07, 6.45) is 2.12. The monoisotopic (exact) mass is 370 g/mol. The Morgan fingerprint density at radius 2 is 2.08 bits per heavy atom. The van der Waals surface area contributed by atoms with Crippen LogP contribution in [0.5, 0.6) is 5.75 Å². The second-order valence-electron chi connectivity index (χ2n) is 7.46. The van der Waals surface area contributed by atoms with E-state index in [9.17, 15) is 0 Å². The van der Waals surface area contributed by atoms with Gasteiger partial charge in [-0.3, -0.25) is 4.90 Å². The Balaban J connectivity index is 1.24. The van der Waals surface area contributed by atoms with Crippen molar-refractivity contribution in [1.82, 2.24) is 15.2 Å². The quantitative estimate of drug-likeness (QED) is 0.899. The topological polar surface area (TPSA) is 40.6 Å². The first kappa shape index (κ1) is 16.5. The molecule has 0 radical (unpaired) electrons. The van der Waals surface area contributed by atoms with Crippen molar-refractivity contribution >= 4 is 16.5 Å². The Hall–Kier alpha value is -1.63. The Morgan fingerprint density at radius 3 is 2.92 bits per heavy atom. The molecule has 3 aliphatic heterocycles. The van der Waals surface area contributed by atoms with E-state index >= 15 is 0 Å². The average Bonchev–Trinajstić information content (AvgIpc) is 3.33. The van der Waals surface area contributed by atoms with Gasteiger partial charge in [-0.2, -0.15) is 0 Å². The highest BCUT2D eigenvalue weighted by Gasteiger charge is 2.26. The zero-order valence-corrected chi connectivity index (χ0v) is 16.1. The minimum absolute atomic E-state index is 0.431. The fourth-order valence-electron chi connectivity index (χ4n) is 4.20. The van der Waals surface area contributed by atoms with Crippen molar-refractivity contribution in [2.75, 3.05) is 44.2 Å². The number of rotatable bonds is 3. The van der Waals surface area contributed by atoms with Crippen molar-refractivity contribution in [2.45, 2.75) is 32.4 Å². The standard InChI is InChI=1S/C20H26N4OS/c1-14(16-3-2-15-5-11-25-18(15)12-16)23-7-9-24(10-8-23)20-22-17-4-6-21-13-19(17)26-20/h2-3,12,14,21H,4-11,13H2,1H3. The third kappa shape index (κ3) is 3.00. The van der Waals surface area contributed by atoms with Gasteiger partial charge in [0, 0.05) is 63.0 Å². The molecule has 1 fully saturated rings. The van der Waals surface area contributed by atoms with Crippen LogP contribution in [0.2, 0.25) is 0 Å². The van der Waals surface area contributed by atoms with Gasteiger partial charge in [0.05, 0.1) is 12.3 Å². The number of thiazole rings is 1. The Bertz CT molecular complexity index is 774. The van der Waals surface area contributed by atoms with Crippen molar-refractivity contribution in [1.29, 1.82) is 0 Å². The first-order valence-electron chi connectivity index (χ1n) is 9.72. The minimum Gasteiger partial charge on any atom is -0.493 e. The molecule has 1 saturated heterocycles. The maximum Gasteiger partial charge on any atom is 0.185 e. The van der Waals surface area contributed by atoms with Gasteiger partial charge in [0.15, 0.2) is 5.13 Å². The van der Waals surface area contributed by atoms with Crippen LogP contribution >= 0.6 is 11.3 Å². The maximum absolute atomic E-state index is 5.75. The molecule has 4 heterocycles. The lowest BCUT2D eigenvalue weighted by Gasteiger charge is -2.38. The van der Waals surface area contributed by atoms with Gasteiger partial charge in [-0.05, 0) is 24.1 Å². The molecule has 0 bridgehead atoms. The Morgan fingerprint density at radius 1 is 1.19 bits per heavy atom. The molecule has 0 amide bonds. The Labute approximate surface area is 159 Å². The molecule has 1 aromatic carbocycles. The summed E-state index contributed by atoms with van der Waals surface area (Å²) < 4.78 is 5.75. The number of fused-ring (bicyclic) bond motifs is 2. The number of nitrogens with one attached hydrogen (secondary N) is 1. The summed E-state index contributed by atoms with van der Waals surface area (Å²) in [5, 5.41) is 4.67. The van der Waals surface area contributed by atoms with E-state index in [1.54, 1.807) is 0 Å². The number of hydrogen-bond donors (Lipinski definition) is 1. The lowest BCUT2D eigenvalue weighted by molar-refractivity contribution is 0.198. The van der Waals surface area contributed by atoms with Crippen LogP contribution in [0.4, 0.5) is 5.13 Å². The molecule has 1 N–H and O–H groups in total. The molecule has 0 aliphatic carbocycles. The third-order valence-electron chi connectivity index (χ3n) is 5.93. The van der Waals surface area contributed by atoms with E-state index < -0.39 is 0 Å². The predicted octanol–water partition coefficient (Wildman–Crippen LogP) is 2.61. The molecule has 1 unspecified atom stereocenters. The van der Waals surface area contributed by atoms with E-state index in [0.29, 0.717) is 6.04 Å². The summed E-state index contributed by atoms with van der Waals surface area (Å²) in [7, 11) is 0. The van der Waals surface area contributed by atoms with Gasteiger partial charge in [0.1, 0.15) is 5.75 Å². The fraction of sp³-hybridized carbons (Fsp3) is 0.550. The molecule has 5 rings (SSSR count). The number of ether oxygens (including phenoxy) is 1. The van der Waals surface area contributed by atoms with Crippen LogP contribution < -0.4 is 15.0 Å². The van der Waals surface area contributed by atoms with Crippen molar-refractivity contribution < 1.29 is 4.74 Å². The number of aromatic nitrogens is 1. The SMILES string of the molecule is CC(c1ccc2c(c1)OCC2)N1CCN(c2nc3c(s2)CNCC3)CC1. The molecule has 6 heteroatoms. The van der Waals surface area contributed by atoms with Gasteiger partial charge in [0.25, 0.3) is 0 Å². The van der Waals surface area contributed by atoms with Crippen molar-refractivity contribution in [3.8, 4) is 5.75 Å². The molecule has 26 heavy (non-hydrogen) atoms. The van der Waals surface area contributed by atoms with Crippen molar-refractivity contribution in [2.24, 2.45) is 0 Å². The predicted molar refractivity (Wildman–Crippen MR) is 105 cm³/mol. The molecule has 5 nitrogen and oxygen atoms in total. The third-order valence-corrected chi connectivity index (χ3v) is 7.08. The number of benzene rings is 1. The number of piperazine rings is 1. The number of anilines is 1. The van der Waals surface area contributed by atoms with Gasteiger partial charge in [0.2, 0.25) is 0 Å². The maximum atomic E-state index is 5.75. The highest BCUT2D eigenvalue weighted by Crippen LogP contribution is 2.32. The summed E-state index contributed by atoms with van der Waals surface area (Å²) in [6.45, 7) is 9.50. The molecule has 1 atom stereocenters. The number of nitrogens with zero attached hydrogens (tertiary/aromatic N) is 3. The van der Waals surface area contributed by atoms with Crippen LogP contribution in [0.25, 0.3) is 0 Å². The van der Waals surface area contributed by atoms with E-state index in [0.717, 1.165) is 64.5 Å². The average molecular weight is 371 g/mol. The van der Waals surface area contributed by atoms with E-state index in [1.165, 1.54) is 26.8 Å². The molecule has 138 valence electrons. The van der Waals surface area contributed by atoms with Gasteiger partial charge in [-0.1, -0.05) is 12.1 Å². The summed E-state index contributed by atoms with van der Waals surface area (Å²) in [4.78, 5) is 11.4. The van der Waals surface area contributed by atoms with E-state index in [2.05, 4.69) is 40.2 Å². The van der Waals surface area contributed by atoms with E-state index in [4.69, 9.17) is 9.72 Å². The van der Waals surface area contributed by atoms with Crippen molar-refractivity contribution in [3.05, 3.63) is 39.9 Å². The highest BCUT2D eigenvalue weighted by molar-refractivity contribution is 7.15. The second-order valence-corrected chi connectivity index (χ2v) is 8.52. The molecular weight excluding hydrogens is 344 g/mol. The largest absolute Gasteiger partial charge is 0.493 e. The molecule has 2 aromatic rings. The molecule has 0 saturated carbocycles. The van der Waals surface area contributed by atoms with Gasteiger partial charge >= 0.3 is 0 Å². The zero-order valence-electron chi connectivity index (χ0n) is 15.3. The molecule has 0 spiro atoms. The van der Waals surface area contributed by atoms with E-state index in [1.807, 2.05) is 11.3 Å². The van der Waals surface area contributed by atoms with Crippen LogP contribution in [-0.4, -0.2) is 49.2 Å². The van der Waals surface area contributed by atoms with Crippen LogP contribution in [0.3, 0.4) is 0 Å². The summed E-state index contributed by atoms with van der Waals surface area (Å²) in [6, 6.07) is 7.21. The normalized spacial score (nSPS) is 21.2. The molecule has 1 aromatic heterocycles. The lowest BCUT2D eigenvalue weighted by atomic mass is 10.0. The summed E-state index contributed by atoms with van der Waals surface area (Å²) >= 11 is 1.88. The van der Waals surface area contributed by atoms with Crippen LogP contribution in [-0.2, 0) is 19.4 Å². The molecular formula is C20H26N4OS. The molecule has 3 aliphatic rings. The number of hydrogen-bond acceptors (Lipinski definition) is 6. The summed E-state index contributed by atoms with van der Waals surface area (Å²) in [5.74, 6) is 1.09. The van der Waals surface area contributed by atoms with E-state index in [-0.39, 0.29) is 0 Å². The van der Waals surface area contributed by atoms with Crippen LogP contribution in [0.1, 0.15) is 34.7 Å². The van der Waals surface area contributed by atoms with Crippen LogP contribution in [0, 0.1) is 0 Å². The second kappa shape index (κ2) is 6.83. The highest BCUT2D eigenvalue weighted by atomic mass is 32.1. The Kier molecular flexibility index (Phi) is 4.35. The zero-order chi connectivity index (χ0) is 17.5. The van der Waals surface area contributed by atoms with Crippen LogP contribution in [0.15, 0.2) is 18.2 Å². The van der Waals surface area contributed by atoms with Gasteiger partial charge < -0.3 is 15.0 Å². The first-order chi connectivity index (χ1) is 12.8. The fourth-order valence-corrected chi connectivity index (χ4v) is 5.33. The first-order valence-corrected chi connectivity index (χ1v) is 10.5. The summed E-state index contributed by atoms with van der Waals surface area (Å²) in [5.41, 5.74) is 4.04. The lowest BCUT2D eigenvalue weighted by Crippen LogP contribution is -2.47. The van der Waals surface area contributed by atoms with Crippen molar-refractivity contribution in [3.63, 3.8) is 0 Å². The smallest absolute Gasteiger partial charge is 0.185 e. The minimum atomic E-state index is 0.431. The van der Waals surface area contributed by atoms with Gasteiger partial charge in [-0.25, -0.2) is 4.98 Å².